The molecule has 3 aromatic rings. The third-order valence-corrected chi connectivity index (χ3v) is 5.28. The molecule has 168 valence electrons. The quantitative estimate of drug-likeness (QED) is 0.403. The van der Waals surface area contributed by atoms with Crippen LogP contribution in [-0.4, -0.2) is 36.1 Å². The molecular formula is C25H24ClF2NO3. The summed E-state index contributed by atoms with van der Waals surface area (Å²) in [6.07, 6.45) is 0.0675. The van der Waals surface area contributed by atoms with Crippen LogP contribution in [0, 0.1) is 0 Å². The first kappa shape index (κ1) is 23.7. The maximum Gasteiger partial charge on any atom is 0.317 e. The van der Waals surface area contributed by atoms with Gasteiger partial charge < -0.3 is 9.84 Å². The van der Waals surface area contributed by atoms with Crippen LogP contribution >= 0.6 is 11.6 Å². The standard InChI is InChI=1S/C25H24ClF2NO3/c1-29(17-24(30)31)15-14-23(18-6-3-2-4-7-18)32-22-9-5-8-20(16-22)25(27,28)19-10-12-21(26)13-11-19/h2-13,16,23H,14-15,17H2,1H3,(H,30,31). The van der Waals surface area contributed by atoms with Crippen LogP contribution in [-0.2, 0) is 10.7 Å². The highest BCUT2D eigenvalue weighted by atomic mass is 35.5. The molecule has 0 aliphatic heterocycles. The first-order chi connectivity index (χ1) is 15.3. The number of nitrogens with zero attached hydrogens (tertiary/aromatic N) is 1. The first-order valence-corrected chi connectivity index (χ1v) is 10.5. The van der Waals surface area contributed by atoms with Crippen molar-refractivity contribution in [2.75, 3.05) is 20.1 Å². The van der Waals surface area contributed by atoms with Crippen molar-refractivity contribution in [3.8, 4) is 5.75 Å². The second kappa shape index (κ2) is 10.6. The highest BCUT2D eigenvalue weighted by Gasteiger charge is 2.34. The Balaban J connectivity index is 1.82. The van der Waals surface area contributed by atoms with E-state index in [1.807, 2.05) is 30.3 Å². The molecule has 0 bridgehead atoms. The molecule has 0 saturated carbocycles. The van der Waals surface area contributed by atoms with E-state index in [0.29, 0.717) is 23.7 Å². The number of carbonyl (C=O) groups is 1. The van der Waals surface area contributed by atoms with Crippen LogP contribution in [0.4, 0.5) is 8.78 Å². The number of benzene rings is 3. The molecule has 0 amide bonds. The van der Waals surface area contributed by atoms with E-state index in [2.05, 4.69) is 0 Å². The Labute approximate surface area is 191 Å². The molecular weight excluding hydrogens is 436 g/mol. The fourth-order valence-electron chi connectivity index (χ4n) is 3.36. The van der Waals surface area contributed by atoms with Gasteiger partial charge in [0.25, 0.3) is 5.92 Å². The summed E-state index contributed by atoms with van der Waals surface area (Å²) in [5.74, 6) is -3.82. The van der Waals surface area contributed by atoms with Crippen LogP contribution < -0.4 is 4.74 Å². The van der Waals surface area contributed by atoms with Gasteiger partial charge in [0.2, 0.25) is 0 Å². The number of hydrogen-bond donors (Lipinski definition) is 1. The van der Waals surface area contributed by atoms with Crippen LogP contribution in [0.25, 0.3) is 0 Å². The smallest absolute Gasteiger partial charge is 0.317 e. The van der Waals surface area contributed by atoms with E-state index in [0.717, 1.165) is 5.56 Å². The molecule has 0 heterocycles. The van der Waals surface area contributed by atoms with Gasteiger partial charge in [-0.05, 0) is 36.9 Å². The van der Waals surface area contributed by atoms with Crippen molar-refractivity contribution in [2.45, 2.75) is 18.4 Å². The lowest BCUT2D eigenvalue weighted by Crippen LogP contribution is -2.28. The summed E-state index contributed by atoms with van der Waals surface area (Å²) in [5, 5.41) is 9.36. The predicted molar refractivity (Wildman–Crippen MR) is 120 cm³/mol. The number of ether oxygens (including phenoxy) is 1. The summed E-state index contributed by atoms with van der Waals surface area (Å²) in [5.41, 5.74) is 0.534. The monoisotopic (exact) mass is 459 g/mol. The average Bonchev–Trinajstić information content (AvgIpc) is 2.77. The van der Waals surface area contributed by atoms with Crippen LogP contribution in [0.1, 0.15) is 29.2 Å². The summed E-state index contributed by atoms with van der Waals surface area (Å²) in [6.45, 7) is 0.372. The highest BCUT2D eigenvalue weighted by Crippen LogP contribution is 2.38. The van der Waals surface area contributed by atoms with Gasteiger partial charge in [0.15, 0.2) is 0 Å². The Bertz CT molecular complexity index is 1030. The van der Waals surface area contributed by atoms with Gasteiger partial charge >= 0.3 is 5.97 Å². The minimum absolute atomic E-state index is 0.0929. The molecule has 0 aliphatic carbocycles. The Morgan fingerprint density at radius 3 is 2.38 bits per heavy atom. The first-order valence-electron chi connectivity index (χ1n) is 10.1. The van der Waals surface area contributed by atoms with Crippen molar-refractivity contribution in [1.82, 2.24) is 4.90 Å². The zero-order chi connectivity index (χ0) is 23.1. The molecule has 0 aliphatic rings. The lowest BCUT2D eigenvalue weighted by atomic mass is 10.00. The van der Waals surface area contributed by atoms with Crippen LogP contribution in [0.3, 0.4) is 0 Å². The summed E-state index contributed by atoms with van der Waals surface area (Å²) >= 11 is 5.83. The van der Waals surface area contributed by atoms with Crippen LogP contribution in [0.2, 0.25) is 5.02 Å². The minimum atomic E-state index is -3.21. The molecule has 0 fully saturated rings. The van der Waals surface area contributed by atoms with E-state index in [4.69, 9.17) is 21.4 Å². The molecule has 1 atom stereocenters. The fraction of sp³-hybridized carbons (Fsp3) is 0.240. The van der Waals surface area contributed by atoms with E-state index < -0.39 is 18.0 Å². The summed E-state index contributed by atoms with van der Waals surface area (Å²) in [4.78, 5) is 12.6. The SMILES string of the molecule is CN(CCC(Oc1cccc(C(F)(F)c2ccc(Cl)cc2)c1)c1ccccc1)CC(=O)O. The Morgan fingerprint density at radius 2 is 1.72 bits per heavy atom. The molecule has 3 aromatic carbocycles. The maximum absolute atomic E-state index is 15.1. The maximum atomic E-state index is 15.1. The fourth-order valence-corrected chi connectivity index (χ4v) is 3.49. The molecule has 32 heavy (non-hydrogen) atoms. The number of alkyl halides is 2. The van der Waals surface area contributed by atoms with Crippen LogP contribution in [0.5, 0.6) is 5.75 Å². The molecule has 0 aromatic heterocycles. The van der Waals surface area contributed by atoms with Gasteiger partial charge in [-0.3, -0.25) is 9.69 Å². The number of carboxylic acid groups (broad SMARTS) is 1. The second-order valence-electron chi connectivity index (χ2n) is 7.55. The van der Waals surface area contributed by atoms with E-state index in [-0.39, 0.29) is 17.7 Å². The Hall–Kier alpha value is -2.96. The average molecular weight is 460 g/mol. The molecule has 4 nitrogen and oxygen atoms in total. The number of carboxylic acids is 1. The third kappa shape index (κ3) is 6.28. The molecule has 0 spiro atoms. The Morgan fingerprint density at radius 1 is 1.03 bits per heavy atom. The van der Waals surface area contributed by atoms with Crippen molar-refractivity contribution < 1.29 is 23.4 Å². The van der Waals surface area contributed by atoms with Gasteiger partial charge in [-0.25, -0.2) is 0 Å². The lowest BCUT2D eigenvalue weighted by Gasteiger charge is -2.24. The molecule has 1 unspecified atom stereocenters. The number of hydrogen-bond acceptors (Lipinski definition) is 3. The Kier molecular flexibility index (Phi) is 7.83. The van der Waals surface area contributed by atoms with Crippen LogP contribution in [0.15, 0.2) is 78.9 Å². The summed E-state index contributed by atoms with van der Waals surface area (Å²) in [7, 11) is 1.71. The zero-order valence-electron chi connectivity index (χ0n) is 17.5. The van der Waals surface area contributed by atoms with E-state index in [9.17, 15) is 4.79 Å². The topological polar surface area (TPSA) is 49.8 Å². The number of halogens is 3. The minimum Gasteiger partial charge on any atom is -0.486 e. The summed E-state index contributed by atoms with van der Waals surface area (Å²) < 4.78 is 36.3. The van der Waals surface area contributed by atoms with Gasteiger partial charge in [-0.2, -0.15) is 8.78 Å². The zero-order valence-corrected chi connectivity index (χ0v) is 18.3. The molecule has 0 radical (unpaired) electrons. The number of rotatable bonds is 10. The number of aliphatic carboxylic acids is 1. The molecule has 1 N–H and O–H groups in total. The normalized spacial score (nSPS) is 12.5. The van der Waals surface area contributed by atoms with Gasteiger partial charge in [-0.15, -0.1) is 0 Å². The van der Waals surface area contributed by atoms with Crippen molar-refractivity contribution in [3.05, 3.63) is 101 Å². The molecule has 3 rings (SSSR count). The third-order valence-electron chi connectivity index (χ3n) is 5.03. The van der Waals surface area contributed by atoms with Crippen molar-refractivity contribution >= 4 is 17.6 Å². The van der Waals surface area contributed by atoms with Gasteiger partial charge in [0.05, 0.1) is 6.54 Å². The van der Waals surface area contributed by atoms with Gasteiger partial charge in [-0.1, -0.05) is 66.2 Å². The van der Waals surface area contributed by atoms with Crippen molar-refractivity contribution in [2.24, 2.45) is 0 Å². The van der Waals surface area contributed by atoms with Crippen molar-refractivity contribution in [3.63, 3.8) is 0 Å². The second-order valence-corrected chi connectivity index (χ2v) is 7.98. The number of likely N-dealkylation sites (N-methyl/N-ethyl adjacent to an activating group) is 1. The molecule has 7 heteroatoms. The van der Waals surface area contributed by atoms with Crippen molar-refractivity contribution in [1.29, 1.82) is 0 Å². The lowest BCUT2D eigenvalue weighted by molar-refractivity contribution is -0.138. The van der Waals surface area contributed by atoms with E-state index in [1.54, 1.807) is 18.0 Å². The highest BCUT2D eigenvalue weighted by molar-refractivity contribution is 6.30. The summed E-state index contributed by atoms with van der Waals surface area (Å²) in [6, 6.07) is 20.8. The predicted octanol–water partition coefficient (Wildman–Crippen LogP) is 6.01. The van der Waals surface area contributed by atoms with Gasteiger partial charge in [0, 0.05) is 29.1 Å². The largest absolute Gasteiger partial charge is 0.486 e. The van der Waals surface area contributed by atoms with Gasteiger partial charge in [0.1, 0.15) is 11.9 Å². The van der Waals surface area contributed by atoms with E-state index >= 15 is 8.78 Å². The molecule has 0 saturated heterocycles. The van der Waals surface area contributed by atoms with E-state index in [1.165, 1.54) is 42.5 Å².